The van der Waals surface area contributed by atoms with Gasteiger partial charge in [-0.1, -0.05) is 0 Å². The van der Waals surface area contributed by atoms with Crippen LogP contribution in [-0.2, 0) is 19.0 Å². The van der Waals surface area contributed by atoms with Gasteiger partial charge < -0.3 is 14.2 Å². The first-order chi connectivity index (χ1) is 10.7. The van der Waals surface area contributed by atoms with Crippen LogP contribution in [0.1, 0.15) is 40.0 Å². The van der Waals surface area contributed by atoms with Gasteiger partial charge in [0.15, 0.2) is 0 Å². The summed E-state index contributed by atoms with van der Waals surface area (Å²) in [5.41, 5.74) is -1.46. The van der Waals surface area contributed by atoms with E-state index in [2.05, 4.69) is 6.07 Å². The Morgan fingerprint density at radius 3 is 2.30 bits per heavy atom. The van der Waals surface area contributed by atoms with Crippen molar-refractivity contribution in [2.75, 3.05) is 20.3 Å². The lowest BCUT2D eigenvalue weighted by molar-refractivity contribution is -0.166. The molecule has 128 valence electrons. The lowest BCUT2D eigenvalue weighted by Gasteiger charge is -2.51. The number of amides is 1. The minimum Gasteiger partial charge on any atom is -0.469 e. The van der Waals surface area contributed by atoms with Crippen molar-refractivity contribution in [3.8, 4) is 6.07 Å². The van der Waals surface area contributed by atoms with Crippen molar-refractivity contribution >= 4 is 12.1 Å². The first kappa shape index (κ1) is 17.5. The average molecular weight is 324 g/mol. The van der Waals surface area contributed by atoms with Crippen LogP contribution in [0.2, 0.25) is 0 Å². The summed E-state index contributed by atoms with van der Waals surface area (Å²) in [6, 6.07) is 1.51. The summed E-state index contributed by atoms with van der Waals surface area (Å²) < 4.78 is 15.9. The van der Waals surface area contributed by atoms with E-state index in [1.165, 1.54) is 7.11 Å². The summed E-state index contributed by atoms with van der Waals surface area (Å²) in [6.07, 6.45) is 0.382. The van der Waals surface area contributed by atoms with Gasteiger partial charge in [0.2, 0.25) is 0 Å². The molecule has 0 aliphatic carbocycles. The van der Waals surface area contributed by atoms with Crippen molar-refractivity contribution in [2.24, 2.45) is 5.41 Å². The van der Waals surface area contributed by atoms with Crippen LogP contribution in [0.3, 0.4) is 0 Å². The Bertz CT molecular complexity index is 506. The molecule has 2 atom stereocenters. The number of carbonyl (C=O) groups is 2. The lowest BCUT2D eigenvalue weighted by Crippen LogP contribution is -2.63. The zero-order valence-electron chi connectivity index (χ0n) is 14.1. The Morgan fingerprint density at radius 2 is 1.87 bits per heavy atom. The van der Waals surface area contributed by atoms with Crippen LogP contribution < -0.4 is 0 Å². The van der Waals surface area contributed by atoms with Gasteiger partial charge in [0.25, 0.3) is 0 Å². The van der Waals surface area contributed by atoms with Crippen molar-refractivity contribution in [2.45, 2.75) is 57.7 Å². The van der Waals surface area contributed by atoms with E-state index in [0.717, 1.165) is 0 Å². The van der Waals surface area contributed by atoms with Gasteiger partial charge in [0.05, 0.1) is 50.3 Å². The highest BCUT2D eigenvalue weighted by Crippen LogP contribution is 2.44. The van der Waals surface area contributed by atoms with Gasteiger partial charge in [-0.25, -0.2) is 4.79 Å². The summed E-state index contributed by atoms with van der Waals surface area (Å²) >= 11 is 0. The fourth-order valence-corrected chi connectivity index (χ4v) is 3.46. The predicted molar refractivity (Wildman–Crippen MR) is 80.4 cm³/mol. The molecule has 1 amide bonds. The standard InChI is InChI=1S/C16H24N2O5/c1-15(2,3)23-14(20)18-11-7-16(5-6-17,13(19)21-4)8-12(18)10-22-9-11/h11-12H,5,7-10H2,1-4H3. The molecule has 2 aliphatic heterocycles. The second-order valence-electron chi connectivity index (χ2n) is 7.25. The van der Waals surface area contributed by atoms with Gasteiger partial charge in [-0.05, 0) is 33.6 Å². The Hall–Kier alpha value is -1.81. The number of hydrogen-bond acceptors (Lipinski definition) is 6. The summed E-state index contributed by atoms with van der Waals surface area (Å²) in [4.78, 5) is 26.4. The van der Waals surface area contributed by atoms with Crippen molar-refractivity contribution in [3.05, 3.63) is 0 Å². The Labute approximate surface area is 136 Å². The molecule has 2 heterocycles. The summed E-state index contributed by atoms with van der Waals surface area (Å²) in [6.45, 7) is 6.11. The third kappa shape index (κ3) is 3.58. The van der Waals surface area contributed by atoms with Gasteiger partial charge in [-0.3, -0.25) is 9.69 Å². The van der Waals surface area contributed by atoms with Crippen molar-refractivity contribution in [3.63, 3.8) is 0 Å². The number of methoxy groups -OCH3 is 1. The molecule has 23 heavy (non-hydrogen) atoms. The Balaban J connectivity index is 2.24. The lowest BCUT2D eigenvalue weighted by atomic mass is 9.70. The van der Waals surface area contributed by atoms with Crippen molar-refractivity contribution < 1.29 is 23.8 Å². The first-order valence-corrected chi connectivity index (χ1v) is 7.77. The smallest absolute Gasteiger partial charge is 0.410 e. The largest absolute Gasteiger partial charge is 0.469 e. The number of nitrogens with zero attached hydrogens (tertiary/aromatic N) is 2. The van der Waals surface area contributed by atoms with E-state index in [1.54, 1.807) is 4.90 Å². The second kappa shape index (κ2) is 6.36. The van der Waals surface area contributed by atoms with E-state index in [1.807, 2.05) is 20.8 Å². The highest BCUT2D eigenvalue weighted by molar-refractivity contribution is 5.78. The molecule has 2 bridgehead atoms. The number of nitriles is 1. The molecular formula is C16H24N2O5. The van der Waals surface area contributed by atoms with E-state index in [4.69, 9.17) is 19.5 Å². The summed E-state index contributed by atoms with van der Waals surface area (Å²) in [5, 5.41) is 9.13. The van der Waals surface area contributed by atoms with Gasteiger partial charge in [0, 0.05) is 0 Å². The van der Waals surface area contributed by atoms with E-state index in [9.17, 15) is 9.59 Å². The van der Waals surface area contributed by atoms with Crippen LogP contribution in [0, 0.1) is 16.7 Å². The highest BCUT2D eigenvalue weighted by atomic mass is 16.6. The number of piperidine rings is 1. The monoisotopic (exact) mass is 324 g/mol. The topological polar surface area (TPSA) is 88.9 Å². The third-order valence-electron chi connectivity index (χ3n) is 4.30. The van der Waals surface area contributed by atoms with Crippen LogP contribution in [0.4, 0.5) is 4.79 Å². The zero-order valence-corrected chi connectivity index (χ0v) is 14.1. The number of esters is 1. The molecule has 2 rings (SSSR count). The molecule has 0 saturated carbocycles. The van der Waals surface area contributed by atoms with Crippen LogP contribution in [0.5, 0.6) is 0 Å². The molecule has 0 aromatic rings. The molecule has 2 aliphatic rings. The molecule has 2 fully saturated rings. The Morgan fingerprint density at radius 1 is 1.30 bits per heavy atom. The quantitative estimate of drug-likeness (QED) is 0.720. The van der Waals surface area contributed by atoms with Crippen LogP contribution in [-0.4, -0.2) is 55.0 Å². The van der Waals surface area contributed by atoms with Crippen molar-refractivity contribution in [1.82, 2.24) is 4.90 Å². The highest BCUT2D eigenvalue weighted by Gasteiger charge is 2.53. The fraction of sp³-hybridized carbons (Fsp3) is 0.812. The number of morpholine rings is 1. The summed E-state index contributed by atoms with van der Waals surface area (Å²) in [7, 11) is 1.33. The molecule has 7 nitrogen and oxygen atoms in total. The van der Waals surface area contributed by atoms with E-state index >= 15 is 0 Å². The molecule has 0 spiro atoms. The molecular weight excluding hydrogens is 300 g/mol. The third-order valence-corrected chi connectivity index (χ3v) is 4.30. The number of fused-ring (bicyclic) bond motifs is 2. The minimum absolute atomic E-state index is 0.0782. The number of carbonyl (C=O) groups excluding carboxylic acids is 2. The first-order valence-electron chi connectivity index (χ1n) is 7.77. The van der Waals surface area contributed by atoms with E-state index < -0.39 is 17.1 Å². The van der Waals surface area contributed by atoms with E-state index in [-0.39, 0.29) is 24.5 Å². The molecule has 0 aromatic heterocycles. The normalized spacial score (nSPS) is 30.3. The number of ether oxygens (including phenoxy) is 3. The fourth-order valence-electron chi connectivity index (χ4n) is 3.46. The van der Waals surface area contributed by atoms with Crippen LogP contribution in [0.15, 0.2) is 0 Å². The molecule has 7 heteroatoms. The minimum atomic E-state index is -0.874. The number of hydrogen-bond donors (Lipinski definition) is 0. The maximum Gasteiger partial charge on any atom is 0.410 e. The molecule has 2 saturated heterocycles. The molecule has 0 aromatic carbocycles. The van der Waals surface area contributed by atoms with E-state index in [0.29, 0.717) is 26.1 Å². The van der Waals surface area contributed by atoms with Crippen LogP contribution in [0.25, 0.3) is 0 Å². The Kier molecular flexibility index (Phi) is 4.85. The van der Waals surface area contributed by atoms with Gasteiger partial charge in [-0.2, -0.15) is 5.26 Å². The number of rotatable bonds is 2. The van der Waals surface area contributed by atoms with Gasteiger partial charge in [0.1, 0.15) is 5.60 Å². The predicted octanol–water partition coefficient (Wildman–Crippen LogP) is 1.86. The average Bonchev–Trinajstić information content (AvgIpc) is 2.43. The van der Waals surface area contributed by atoms with Crippen LogP contribution >= 0.6 is 0 Å². The second-order valence-corrected chi connectivity index (χ2v) is 7.25. The van der Waals surface area contributed by atoms with Gasteiger partial charge >= 0.3 is 12.1 Å². The summed E-state index contributed by atoms with van der Waals surface area (Å²) in [5.74, 6) is -0.389. The zero-order chi connectivity index (χ0) is 17.3. The maximum absolute atomic E-state index is 12.5. The molecule has 0 radical (unpaired) electrons. The molecule has 2 unspecified atom stereocenters. The SMILES string of the molecule is COC(=O)C1(CC#N)CC2COCC(C1)N2C(=O)OC(C)(C)C. The maximum atomic E-state index is 12.5. The molecule has 0 N–H and O–H groups in total. The van der Waals surface area contributed by atoms with Gasteiger partial charge in [-0.15, -0.1) is 0 Å². The van der Waals surface area contributed by atoms with Crippen molar-refractivity contribution in [1.29, 1.82) is 5.26 Å².